The van der Waals surface area contributed by atoms with Gasteiger partial charge in [-0.1, -0.05) is 34.1 Å². The molecule has 0 aliphatic heterocycles. The van der Waals surface area contributed by atoms with Gasteiger partial charge in [-0.25, -0.2) is 0 Å². The van der Waals surface area contributed by atoms with E-state index in [1.54, 1.807) is 36.4 Å². The van der Waals surface area contributed by atoms with E-state index in [4.69, 9.17) is 4.74 Å². The van der Waals surface area contributed by atoms with Gasteiger partial charge < -0.3 is 15.4 Å². The number of carbonyl (C=O) groups excluding carboxylic acids is 2. The smallest absolute Gasteiger partial charge is 0.262 e. The average Bonchev–Trinajstić information content (AvgIpc) is 3.22. The van der Waals surface area contributed by atoms with Gasteiger partial charge in [0.1, 0.15) is 11.6 Å². The number of rotatable bonds is 8. The molecule has 0 bridgehead atoms. The number of nitrogens with zero attached hydrogens (tertiary/aromatic N) is 3. The van der Waals surface area contributed by atoms with Crippen LogP contribution < -0.4 is 15.4 Å². The molecule has 8 nitrogen and oxygen atoms in total. The Balaban J connectivity index is 1.32. The van der Waals surface area contributed by atoms with Crippen LogP contribution >= 0.6 is 15.9 Å². The Morgan fingerprint density at radius 3 is 2.59 bits per heavy atom. The molecule has 4 aromatic rings. The van der Waals surface area contributed by atoms with E-state index < -0.39 is 0 Å². The van der Waals surface area contributed by atoms with E-state index in [1.165, 1.54) is 0 Å². The van der Waals surface area contributed by atoms with E-state index in [-0.39, 0.29) is 18.4 Å². The van der Waals surface area contributed by atoms with Gasteiger partial charge in [0.15, 0.2) is 12.3 Å². The molecule has 0 unspecified atom stereocenters. The first kappa shape index (κ1) is 21.5. The van der Waals surface area contributed by atoms with Crippen LogP contribution in [0.5, 0.6) is 5.75 Å². The predicted octanol–water partition coefficient (Wildman–Crippen LogP) is 3.48. The standard InChI is InChI=1S/C23H20BrN5O3/c24-16-8-10-17(11-9-16)26-22(30)15-32-19-6-2-1-5-18(19)23(31)25-13-12-21-28-27-20-7-3-4-14-29(20)21/h1-11,14H,12-13,15H2,(H,25,31)(H,26,30). The molecule has 2 N–H and O–H groups in total. The molecule has 2 aromatic carbocycles. The van der Waals surface area contributed by atoms with Crippen molar-refractivity contribution in [2.24, 2.45) is 0 Å². The minimum absolute atomic E-state index is 0.216. The van der Waals surface area contributed by atoms with Gasteiger partial charge in [0.2, 0.25) is 0 Å². The average molecular weight is 494 g/mol. The zero-order valence-corrected chi connectivity index (χ0v) is 18.6. The van der Waals surface area contributed by atoms with Crippen molar-refractivity contribution in [2.75, 3.05) is 18.5 Å². The van der Waals surface area contributed by atoms with Gasteiger partial charge in [-0.15, -0.1) is 10.2 Å². The highest BCUT2D eigenvalue weighted by Gasteiger charge is 2.14. The minimum atomic E-state index is -0.318. The molecular formula is C23H20BrN5O3. The number of hydrogen-bond donors (Lipinski definition) is 2. The van der Waals surface area contributed by atoms with Gasteiger partial charge in [-0.3, -0.25) is 14.0 Å². The molecule has 0 aliphatic rings. The summed E-state index contributed by atoms with van der Waals surface area (Å²) < 4.78 is 8.42. The van der Waals surface area contributed by atoms with Crippen molar-refractivity contribution >= 4 is 39.1 Å². The Hall–Kier alpha value is -3.72. The maximum absolute atomic E-state index is 12.7. The van der Waals surface area contributed by atoms with Crippen LogP contribution in [0.4, 0.5) is 5.69 Å². The van der Waals surface area contributed by atoms with E-state index in [2.05, 4.69) is 36.8 Å². The molecule has 0 fully saturated rings. The number of fused-ring (bicyclic) bond motifs is 1. The number of benzene rings is 2. The molecule has 0 atom stereocenters. The molecule has 2 heterocycles. The summed E-state index contributed by atoms with van der Waals surface area (Å²) in [5.74, 6) is 0.489. The van der Waals surface area contributed by atoms with Gasteiger partial charge in [-0.05, 0) is 48.5 Å². The molecule has 0 spiro atoms. The second kappa shape index (κ2) is 10.1. The summed E-state index contributed by atoms with van der Waals surface area (Å²) in [5, 5.41) is 13.9. The number of anilines is 1. The van der Waals surface area contributed by atoms with Crippen LogP contribution in [-0.2, 0) is 11.2 Å². The van der Waals surface area contributed by atoms with Crippen molar-refractivity contribution in [3.63, 3.8) is 0 Å². The van der Waals surface area contributed by atoms with Crippen molar-refractivity contribution < 1.29 is 14.3 Å². The number of pyridine rings is 1. The van der Waals surface area contributed by atoms with Crippen molar-refractivity contribution in [3.8, 4) is 5.75 Å². The van der Waals surface area contributed by atoms with Crippen molar-refractivity contribution in [1.82, 2.24) is 19.9 Å². The second-order valence-corrected chi connectivity index (χ2v) is 7.81. The molecule has 0 saturated heterocycles. The van der Waals surface area contributed by atoms with Crippen LogP contribution in [0.1, 0.15) is 16.2 Å². The van der Waals surface area contributed by atoms with E-state index >= 15 is 0 Å². The first-order valence-electron chi connectivity index (χ1n) is 9.94. The van der Waals surface area contributed by atoms with Crippen LogP contribution in [0, 0.1) is 0 Å². The Morgan fingerprint density at radius 1 is 0.969 bits per heavy atom. The van der Waals surface area contributed by atoms with Crippen LogP contribution in [0.2, 0.25) is 0 Å². The molecule has 0 saturated carbocycles. The summed E-state index contributed by atoms with van der Waals surface area (Å²) in [7, 11) is 0. The monoisotopic (exact) mass is 493 g/mol. The van der Waals surface area contributed by atoms with Gasteiger partial charge in [0.05, 0.1) is 5.56 Å². The first-order chi connectivity index (χ1) is 15.6. The summed E-state index contributed by atoms with van der Waals surface area (Å²) in [6, 6.07) is 19.7. The molecule has 2 amide bonds. The molecular weight excluding hydrogens is 474 g/mol. The van der Waals surface area contributed by atoms with Crippen LogP contribution in [0.15, 0.2) is 77.4 Å². The summed E-state index contributed by atoms with van der Waals surface area (Å²) in [6.45, 7) is 0.166. The third-order valence-electron chi connectivity index (χ3n) is 4.64. The fraction of sp³-hybridized carbons (Fsp3) is 0.130. The summed E-state index contributed by atoms with van der Waals surface area (Å²) >= 11 is 3.35. The minimum Gasteiger partial charge on any atom is -0.483 e. The number of para-hydroxylation sites is 1. The number of carbonyl (C=O) groups is 2. The highest BCUT2D eigenvalue weighted by atomic mass is 79.9. The van der Waals surface area contributed by atoms with Crippen LogP contribution in [0.3, 0.4) is 0 Å². The van der Waals surface area contributed by atoms with Gasteiger partial charge in [0, 0.05) is 29.3 Å². The lowest BCUT2D eigenvalue weighted by molar-refractivity contribution is -0.118. The number of amides is 2. The first-order valence-corrected chi connectivity index (χ1v) is 10.7. The lowest BCUT2D eigenvalue weighted by Gasteiger charge is -2.12. The molecule has 0 aliphatic carbocycles. The number of ether oxygens (including phenoxy) is 1. The number of nitrogens with one attached hydrogen (secondary N) is 2. The third kappa shape index (κ3) is 5.30. The summed E-state index contributed by atoms with van der Waals surface area (Å²) in [6.07, 6.45) is 2.41. The SMILES string of the molecule is O=C(COc1ccccc1C(=O)NCCc1nnc2ccccn12)Nc1ccc(Br)cc1. The molecule has 9 heteroatoms. The molecule has 2 aromatic heterocycles. The largest absolute Gasteiger partial charge is 0.483 e. The van der Waals surface area contributed by atoms with Crippen LogP contribution in [-0.4, -0.2) is 39.6 Å². The maximum Gasteiger partial charge on any atom is 0.262 e. The zero-order chi connectivity index (χ0) is 22.3. The van der Waals surface area contributed by atoms with Gasteiger partial charge >= 0.3 is 0 Å². The number of hydrogen-bond acceptors (Lipinski definition) is 5. The quantitative estimate of drug-likeness (QED) is 0.391. The summed E-state index contributed by atoms with van der Waals surface area (Å²) in [5.41, 5.74) is 1.78. The highest BCUT2D eigenvalue weighted by molar-refractivity contribution is 9.10. The van der Waals surface area contributed by atoms with Crippen molar-refractivity contribution in [3.05, 3.63) is 88.8 Å². The lowest BCUT2D eigenvalue weighted by Crippen LogP contribution is -2.27. The lowest BCUT2D eigenvalue weighted by atomic mass is 10.2. The Labute approximate surface area is 192 Å². The summed E-state index contributed by atoms with van der Waals surface area (Å²) in [4.78, 5) is 24.9. The van der Waals surface area contributed by atoms with Crippen molar-refractivity contribution in [1.29, 1.82) is 0 Å². The number of aromatic nitrogens is 3. The van der Waals surface area contributed by atoms with E-state index in [0.29, 0.717) is 30.0 Å². The van der Waals surface area contributed by atoms with E-state index in [9.17, 15) is 9.59 Å². The fourth-order valence-corrected chi connectivity index (χ4v) is 3.36. The van der Waals surface area contributed by atoms with Crippen LogP contribution in [0.25, 0.3) is 5.65 Å². The van der Waals surface area contributed by atoms with E-state index in [0.717, 1.165) is 15.9 Å². The molecule has 4 rings (SSSR count). The highest BCUT2D eigenvalue weighted by Crippen LogP contribution is 2.18. The number of halogens is 1. The topological polar surface area (TPSA) is 97.6 Å². The molecule has 162 valence electrons. The van der Waals surface area contributed by atoms with Gasteiger partial charge in [-0.2, -0.15) is 0 Å². The second-order valence-electron chi connectivity index (χ2n) is 6.89. The predicted molar refractivity (Wildman–Crippen MR) is 124 cm³/mol. The molecule has 32 heavy (non-hydrogen) atoms. The van der Waals surface area contributed by atoms with E-state index in [1.807, 2.05) is 40.9 Å². The fourth-order valence-electron chi connectivity index (χ4n) is 3.10. The Kier molecular flexibility index (Phi) is 6.76. The van der Waals surface area contributed by atoms with Crippen molar-refractivity contribution in [2.45, 2.75) is 6.42 Å². The Bertz CT molecular complexity index is 1240. The van der Waals surface area contributed by atoms with Gasteiger partial charge in [0.25, 0.3) is 11.8 Å². The molecule has 0 radical (unpaired) electrons. The zero-order valence-electron chi connectivity index (χ0n) is 17.0. The normalized spacial score (nSPS) is 10.7. The maximum atomic E-state index is 12.7. The third-order valence-corrected chi connectivity index (χ3v) is 5.17. The Morgan fingerprint density at radius 2 is 1.75 bits per heavy atom.